The molecule has 4 nitrogen and oxygen atoms in total. The van der Waals surface area contributed by atoms with Gasteiger partial charge in [0, 0.05) is 5.56 Å². The van der Waals surface area contributed by atoms with Crippen molar-refractivity contribution in [3.8, 4) is 11.5 Å². The number of carbonyl (C=O) groups is 1. The first-order valence-corrected chi connectivity index (χ1v) is 15.0. The van der Waals surface area contributed by atoms with Gasteiger partial charge in [-0.05, 0) is 70.1 Å². The van der Waals surface area contributed by atoms with Crippen molar-refractivity contribution in [1.29, 1.82) is 0 Å². The Morgan fingerprint density at radius 1 is 0.806 bits per heavy atom. The Morgan fingerprint density at radius 3 is 1.81 bits per heavy atom. The molecule has 1 N–H and O–H groups in total. The monoisotopic (exact) mass is 502 g/mol. The molecule has 1 aliphatic heterocycles. The van der Waals surface area contributed by atoms with Crippen molar-refractivity contribution in [2.75, 3.05) is 6.61 Å². The standard InChI is InChI=1S/C32H54O4/c1-6-7-8-9-10-11-12-13-14-15-16-17-18-19-20-22-32(5)23-21-28-27(4)30(35-24-29(33)34)25(2)26(3)31(28)36-32/h6-24H2,1-5H3,(H,33,34)/t32-/m1/s1. The molecule has 1 aromatic rings. The number of carboxylic acids is 1. The predicted octanol–water partition coefficient (Wildman–Crippen LogP) is 9.42. The molecule has 4 heteroatoms. The maximum Gasteiger partial charge on any atom is 0.341 e. The molecule has 0 amide bonds. The smallest absolute Gasteiger partial charge is 0.341 e. The molecule has 1 aromatic carbocycles. The van der Waals surface area contributed by atoms with E-state index in [1.54, 1.807) is 0 Å². The van der Waals surface area contributed by atoms with Crippen LogP contribution in [-0.2, 0) is 11.2 Å². The van der Waals surface area contributed by atoms with E-state index in [9.17, 15) is 4.79 Å². The van der Waals surface area contributed by atoms with Crippen molar-refractivity contribution >= 4 is 5.97 Å². The normalized spacial score (nSPS) is 17.0. The number of fused-ring (bicyclic) bond motifs is 1. The first kappa shape index (κ1) is 30.5. The molecular formula is C32H54O4. The first-order chi connectivity index (χ1) is 17.3. The van der Waals surface area contributed by atoms with E-state index < -0.39 is 5.97 Å². The van der Waals surface area contributed by atoms with E-state index in [4.69, 9.17) is 14.6 Å². The van der Waals surface area contributed by atoms with Crippen LogP contribution < -0.4 is 9.47 Å². The molecule has 0 saturated heterocycles. The lowest BCUT2D eigenvalue weighted by Gasteiger charge is -2.38. The van der Waals surface area contributed by atoms with Crippen LogP contribution in [0.2, 0.25) is 0 Å². The van der Waals surface area contributed by atoms with E-state index in [1.807, 2.05) is 13.8 Å². The molecule has 0 aromatic heterocycles. The Labute approximate surface area is 221 Å². The lowest BCUT2D eigenvalue weighted by molar-refractivity contribution is -0.139. The number of carboxylic acid groups (broad SMARTS) is 1. The molecule has 1 atom stereocenters. The molecule has 1 heterocycles. The fourth-order valence-electron chi connectivity index (χ4n) is 5.68. The van der Waals surface area contributed by atoms with Crippen LogP contribution >= 0.6 is 0 Å². The van der Waals surface area contributed by atoms with E-state index in [-0.39, 0.29) is 12.2 Å². The second-order valence-electron chi connectivity index (χ2n) is 11.4. The van der Waals surface area contributed by atoms with Crippen molar-refractivity contribution in [3.63, 3.8) is 0 Å². The summed E-state index contributed by atoms with van der Waals surface area (Å²) in [5.41, 5.74) is 4.18. The van der Waals surface area contributed by atoms with E-state index in [0.717, 1.165) is 41.7 Å². The number of benzene rings is 1. The van der Waals surface area contributed by atoms with Gasteiger partial charge in [0.25, 0.3) is 0 Å². The molecule has 0 radical (unpaired) electrons. The molecule has 36 heavy (non-hydrogen) atoms. The highest BCUT2D eigenvalue weighted by molar-refractivity contribution is 5.69. The number of aliphatic carboxylic acids is 1. The van der Waals surface area contributed by atoms with Crippen LogP contribution in [0.25, 0.3) is 0 Å². The Morgan fingerprint density at radius 2 is 1.31 bits per heavy atom. The molecule has 206 valence electrons. The molecule has 2 rings (SSSR count). The Balaban J connectivity index is 1.63. The highest BCUT2D eigenvalue weighted by Gasteiger charge is 2.34. The third kappa shape index (κ3) is 9.98. The molecule has 0 unspecified atom stereocenters. The van der Waals surface area contributed by atoms with E-state index >= 15 is 0 Å². The maximum atomic E-state index is 11.0. The lowest BCUT2D eigenvalue weighted by atomic mass is 9.84. The number of hydrogen-bond acceptors (Lipinski definition) is 3. The van der Waals surface area contributed by atoms with Crippen LogP contribution in [0.1, 0.15) is 145 Å². The van der Waals surface area contributed by atoms with E-state index in [1.165, 1.54) is 102 Å². The Kier molecular flexibility index (Phi) is 13.7. The molecule has 0 spiro atoms. The van der Waals surface area contributed by atoms with E-state index in [2.05, 4.69) is 20.8 Å². The van der Waals surface area contributed by atoms with Gasteiger partial charge in [-0.25, -0.2) is 4.79 Å². The summed E-state index contributed by atoms with van der Waals surface area (Å²) in [5.74, 6) is 0.766. The summed E-state index contributed by atoms with van der Waals surface area (Å²) in [7, 11) is 0. The zero-order valence-corrected chi connectivity index (χ0v) is 24.1. The van der Waals surface area contributed by atoms with Gasteiger partial charge < -0.3 is 14.6 Å². The van der Waals surface area contributed by atoms with Crippen molar-refractivity contribution in [1.82, 2.24) is 0 Å². The first-order valence-electron chi connectivity index (χ1n) is 15.0. The van der Waals surface area contributed by atoms with Crippen LogP contribution in [-0.4, -0.2) is 23.3 Å². The topological polar surface area (TPSA) is 55.8 Å². The predicted molar refractivity (Wildman–Crippen MR) is 151 cm³/mol. The summed E-state index contributed by atoms with van der Waals surface area (Å²) in [6, 6.07) is 0. The average Bonchev–Trinajstić information content (AvgIpc) is 2.84. The second kappa shape index (κ2) is 16.2. The fourth-order valence-corrected chi connectivity index (χ4v) is 5.68. The summed E-state index contributed by atoms with van der Waals surface area (Å²) < 4.78 is 12.3. The quantitative estimate of drug-likeness (QED) is 0.191. The molecule has 0 fully saturated rings. The highest BCUT2D eigenvalue weighted by Crippen LogP contribution is 2.44. The van der Waals surface area contributed by atoms with Crippen molar-refractivity contribution < 1.29 is 19.4 Å². The molecular weight excluding hydrogens is 448 g/mol. The van der Waals surface area contributed by atoms with Crippen LogP contribution in [0.5, 0.6) is 11.5 Å². The minimum atomic E-state index is -0.948. The van der Waals surface area contributed by atoms with Crippen molar-refractivity contribution in [2.24, 2.45) is 0 Å². The fraction of sp³-hybridized carbons (Fsp3) is 0.781. The van der Waals surface area contributed by atoms with Gasteiger partial charge in [0.1, 0.15) is 17.1 Å². The van der Waals surface area contributed by atoms with Gasteiger partial charge in [0.05, 0.1) is 0 Å². The number of unbranched alkanes of at least 4 members (excludes halogenated alkanes) is 14. The summed E-state index contributed by atoms with van der Waals surface area (Å²) in [6.45, 7) is 10.3. The summed E-state index contributed by atoms with van der Waals surface area (Å²) in [5, 5.41) is 9.01. The van der Waals surface area contributed by atoms with Gasteiger partial charge in [-0.2, -0.15) is 0 Å². The molecule has 1 aliphatic rings. The second-order valence-corrected chi connectivity index (χ2v) is 11.4. The molecule has 0 saturated carbocycles. The molecule has 0 bridgehead atoms. The maximum absolute atomic E-state index is 11.0. The van der Waals surface area contributed by atoms with Gasteiger partial charge >= 0.3 is 5.97 Å². The third-order valence-corrected chi connectivity index (χ3v) is 8.21. The van der Waals surface area contributed by atoms with Crippen molar-refractivity contribution in [3.05, 3.63) is 22.3 Å². The lowest BCUT2D eigenvalue weighted by Crippen LogP contribution is -2.37. The summed E-state index contributed by atoms with van der Waals surface area (Å²) in [4.78, 5) is 11.0. The zero-order valence-electron chi connectivity index (χ0n) is 24.1. The zero-order chi connectivity index (χ0) is 26.4. The van der Waals surface area contributed by atoms with Crippen LogP contribution in [0.4, 0.5) is 0 Å². The van der Waals surface area contributed by atoms with Crippen LogP contribution in [0.15, 0.2) is 0 Å². The van der Waals surface area contributed by atoms with Crippen molar-refractivity contribution in [2.45, 2.75) is 156 Å². The number of hydrogen-bond donors (Lipinski definition) is 1. The molecule has 0 aliphatic carbocycles. The Bertz CT molecular complexity index is 800. The largest absolute Gasteiger partial charge is 0.487 e. The third-order valence-electron chi connectivity index (χ3n) is 8.21. The van der Waals surface area contributed by atoms with Gasteiger partial charge in [-0.3, -0.25) is 0 Å². The minimum Gasteiger partial charge on any atom is -0.487 e. The van der Waals surface area contributed by atoms with Gasteiger partial charge in [-0.15, -0.1) is 0 Å². The number of ether oxygens (including phenoxy) is 2. The van der Waals surface area contributed by atoms with Crippen LogP contribution in [0, 0.1) is 20.8 Å². The van der Waals surface area contributed by atoms with E-state index in [0.29, 0.717) is 5.75 Å². The Hall–Kier alpha value is -1.71. The van der Waals surface area contributed by atoms with Gasteiger partial charge in [-0.1, -0.05) is 96.8 Å². The minimum absolute atomic E-state index is 0.114. The summed E-state index contributed by atoms with van der Waals surface area (Å²) >= 11 is 0. The van der Waals surface area contributed by atoms with Gasteiger partial charge in [0.15, 0.2) is 6.61 Å². The highest BCUT2D eigenvalue weighted by atomic mass is 16.5. The average molecular weight is 503 g/mol. The van der Waals surface area contributed by atoms with Crippen LogP contribution in [0.3, 0.4) is 0 Å². The SMILES string of the molecule is CCCCCCCCCCCCCCCCC[C@]1(C)CCc2c(C)c(OCC(=O)O)c(C)c(C)c2O1. The number of rotatable bonds is 19. The summed E-state index contributed by atoms with van der Waals surface area (Å²) in [6.07, 6.45) is 23.9. The van der Waals surface area contributed by atoms with Gasteiger partial charge in [0.2, 0.25) is 0 Å².